The van der Waals surface area contributed by atoms with Crippen molar-refractivity contribution in [3.8, 4) is 0 Å². The topological polar surface area (TPSA) is 62.8 Å². The monoisotopic (exact) mass is 114 g/mol. The molecule has 0 aliphatic rings. The van der Waals surface area contributed by atoms with Crippen molar-refractivity contribution >= 4 is 12.6 Å². The van der Waals surface area contributed by atoms with Crippen LogP contribution in [0.1, 0.15) is 6.92 Å². The number of hydrogen-bond donors (Lipinski definition) is 2. The van der Waals surface area contributed by atoms with Gasteiger partial charge in [0.25, 0.3) is 0 Å². The maximum atomic E-state index is 5.06. The van der Waals surface area contributed by atoms with E-state index in [1.54, 1.807) is 13.1 Å². The average molecular weight is 114 g/mol. The predicted molar refractivity (Wildman–Crippen MR) is 34.8 cm³/mol. The predicted octanol–water partition coefficient (Wildman–Crippen LogP) is -0.474. The molecule has 0 heterocycles. The van der Waals surface area contributed by atoms with E-state index < -0.39 is 0 Å². The van der Waals surface area contributed by atoms with Gasteiger partial charge in [0.1, 0.15) is 6.34 Å². The molecule has 0 aromatic carbocycles. The highest BCUT2D eigenvalue weighted by atomic mass is 15.2. The zero-order valence-corrected chi connectivity index (χ0v) is 4.83. The molecule has 0 saturated carbocycles. The summed E-state index contributed by atoms with van der Waals surface area (Å²) in [5.41, 5.74) is 5.06. The molecule has 0 aromatic rings. The van der Waals surface area contributed by atoms with Crippen LogP contribution in [-0.4, -0.2) is 19.2 Å². The first-order chi connectivity index (χ1) is 3.91. The van der Waals surface area contributed by atoms with Crippen LogP contribution in [0.15, 0.2) is 10.2 Å². The first-order valence-corrected chi connectivity index (χ1v) is 2.34. The maximum Gasteiger partial charge on any atom is 0.112 e. The van der Waals surface area contributed by atoms with E-state index in [1.807, 2.05) is 0 Å². The third-order valence-electron chi connectivity index (χ3n) is 0.449. The van der Waals surface area contributed by atoms with Gasteiger partial charge >= 0.3 is 0 Å². The van der Waals surface area contributed by atoms with Gasteiger partial charge in [-0.05, 0) is 6.92 Å². The third-order valence-corrected chi connectivity index (χ3v) is 0.449. The molecule has 8 heavy (non-hydrogen) atoms. The first kappa shape index (κ1) is 7.10. The molecule has 0 spiro atoms. The highest BCUT2D eigenvalue weighted by Crippen LogP contribution is 1.60. The molecule has 4 nitrogen and oxygen atoms in total. The van der Waals surface area contributed by atoms with Crippen molar-refractivity contribution in [2.45, 2.75) is 6.92 Å². The minimum atomic E-state index is 0.392. The SMILES string of the molecule is C/C=N\N=C/NCN. The summed E-state index contributed by atoms with van der Waals surface area (Å²) >= 11 is 0. The fourth-order valence-corrected chi connectivity index (χ4v) is 0.194. The lowest BCUT2D eigenvalue weighted by atomic mass is 10.9. The Morgan fingerprint density at radius 3 is 2.88 bits per heavy atom. The summed E-state index contributed by atoms with van der Waals surface area (Å²) < 4.78 is 0. The molecular weight excluding hydrogens is 104 g/mol. The summed E-state index contributed by atoms with van der Waals surface area (Å²) in [5, 5.41) is 9.72. The van der Waals surface area contributed by atoms with Gasteiger partial charge in [0, 0.05) is 6.21 Å². The lowest BCUT2D eigenvalue weighted by molar-refractivity contribution is 0.938. The van der Waals surface area contributed by atoms with Crippen LogP contribution in [0.3, 0.4) is 0 Å². The quantitative estimate of drug-likeness (QED) is 0.225. The number of hydrogen-bond acceptors (Lipinski definition) is 3. The summed E-state index contributed by atoms with van der Waals surface area (Å²) in [6.45, 7) is 2.18. The second-order valence-electron chi connectivity index (χ2n) is 1.03. The summed E-state index contributed by atoms with van der Waals surface area (Å²) in [5.74, 6) is 0. The molecule has 0 unspecified atom stereocenters. The summed E-state index contributed by atoms with van der Waals surface area (Å²) in [7, 11) is 0. The van der Waals surface area contributed by atoms with Gasteiger partial charge in [0.15, 0.2) is 0 Å². The zero-order valence-electron chi connectivity index (χ0n) is 4.83. The lowest BCUT2D eigenvalue weighted by Crippen LogP contribution is -2.19. The lowest BCUT2D eigenvalue weighted by Gasteiger charge is -1.85. The molecule has 46 valence electrons. The number of nitrogens with zero attached hydrogens (tertiary/aromatic N) is 2. The van der Waals surface area contributed by atoms with Gasteiger partial charge in [-0.1, -0.05) is 0 Å². The maximum absolute atomic E-state index is 5.06. The van der Waals surface area contributed by atoms with Crippen LogP contribution in [-0.2, 0) is 0 Å². The largest absolute Gasteiger partial charge is 0.362 e. The minimum absolute atomic E-state index is 0.392. The van der Waals surface area contributed by atoms with Crippen LogP contribution in [0.5, 0.6) is 0 Å². The van der Waals surface area contributed by atoms with Crippen molar-refractivity contribution in [3.63, 3.8) is 0 Å². The van der Waals surface area contributed by atoms with Gasteiger partial charge in [-0.2, -0.15) is 5.10 Å². The Morgan fingerprint density at radius 2 is 2.38 bits per heavy atom. The van der Waals surface area contributed by atoms with Gasteiger partial charge in [0.2, 0.25) is 0 Å². The molecule has 0 bridgehead atoms. The van der Waals surface area contributed by atoms with Crippen molar-refractivity contribution in [3.05, 3.63) is 0 Å². The average Bonchev–Trinajstić information content (AvgIpc) is 1.81. The van der Waals surface area contributed by atoms with E-state index in [-0.39, 0.29) is 0 Å². The standard InChI is InChI=1S/C4H10N4/c1-2-7-8-4-6-3-5/h2,4H,3,5H2,1H3,(H,6,8)/b7-2-. The van der Waals surface area contributed by atoms with E-state index in [0.717, 1.165) is 0 Å². The Morgan fingerprint density at radius 1 is 1.62 bits per heavy atom. The van der Waals surface area contributed by atoms with E-state index in [4.69, 9.17) is 5.73 Å². The van der Waals surface area contributed by atoms with Crippen LogP contribution in [0.25, 0.3) is 0 Å². The molecule has 0 radical (unpaired) electrons. The van der Waals surface area contributed by atoms with Crippen molar-refractivity contribution in [2.75, 3.05) is 6.67 Å². The van der Waals surface area contributed by atoms with Crippen LogP contribution in [0.2, 0.25) is 0 Å². The van der Waals surface area contributed by atoms with Crippen LogP contribution >= 0.6 is 0 Å². The smallest absolute Gasteiger partial charge is 0.112 e. The molecule has 0 aromatic heterocycles. The second kappa shape index (κ2) is 6.10. The second-order valence-corrected chi connectivity index (χ2v) is 1.03. The van der Waals surface area contributed by atoms with Crippen molar-refractivity contribution in [2.24, 2.45) is 15.9 Å². The Bertz CT molecular complexity index is 86.0. The van der Waals surface area contributed by atoms with E-state index in [1.165, 1.54) is 6.34 Å². The van der Waals surface area contributed by atoms with E-state index in [0.29, 0.717) is 6.67 Å². The van der Waals surface area contributed by atoms with Gasteiger partial charge in [-0.25, -0.2) is 0 Å². The Hall–Kier alpha value is -0.900. The minimum Gasteiger partial charge on any atom is -0.362 e. The molecule has 3 N–H and O–H groups in total. The first-order valence-electron chi connectivity index (χ1n) is 2.34. The van der Waals surface area contributed by atoms with Crippen LogP contribution in [0.4, 0.5) is 0 Å². The van der Waals surface area contributed by atoms with E-state index in [2.05, 4.69) is 15.5 Å². The number of nitrogens with one attached hydrogen (secondary N) is 1. The highest BCUT2D eigenvalue weighted by molar-refractivity contribution is 5.57. The van der Waals surface area contributed by atoms with Crippen molar-refractivity contribution in [1.82, 2.24) is 5.32 Å². The molecule has 4 heteroatoms. The van der Waals surface area contributed by atoms with E-state index in [9.17, 15) is 0 Å². The van der Waals surface area contributed by atoms with Crippen molar-refractivity contribution < 1.29 is 0 Å². The normalized spacial score (nSPS) is 11.2. The summed E-state index contributed by atoms with van der Waals surface area (Å²) in [6, 6.07) is 0. The molecule has 0 fully saturated rings. The molecule has 0 atom stereocenters. The molecule has 0 rings (SSSR count). The summed E-state index contributed by atoms with van der Waals surface area (Å²) in [4.78, 5) is 0. The molecule has 0 amide bonds. The molecule has 0 saturated heterocycles. The zero-order chi connectivity index (χ0) is 6.24. The molecular formula is C4H10N4. The fourth-order valence-electron chi connectivity index (χ4n) is 0.194. The van der Waals surface area contributed by atoms with Crippen molar-refractivity contribution in [1.29, 1.82) is 0 Å². The number of rotatable bonds is 3. The van der Waals surface area contributed by atoms with Gasteiger partial charge in [-0.3, -0.25) is 0 Å². The highest BCUT2D eigenvalue weighted by Gasteiger charge is 1.62. The van der Waals surface area contributed by atoms with Gasteiger partial charge in [0.05, 0.1) is 6.67 Å². The van der Waals surface area contributed by atoms with Crippen LogP contribution in [0, 0.1) is 0 Å². The molecule has 0 aliphatic carbocycles. The Balaban J connectivity index is 3.07. The van der Waals surface area contributed by atoms with Gasteiger partial charge < -0.3 is 11.1 Å². The number of nitrogens with two attached hydrogens (primary N) is 1. The molecule has 0 aliphatic heterocycles. The third kappa shape index (κ3) is 5.10. The Kier molecular flexibility index (Phi) is 5.41. The van der Waals surface area contributed by atoms with Gasteiger partial charge in [-0.15, -0.1) is 5.10 Å². The summed E-state index contributed by atoms with van der Waals surface area (Å²) in [6.07, 6.45) is 3.04. The van der Waals surface area contributed by atoms with E-state index >= 15 is 0 Å². The van der Waals surface area contributed by atoms with Crippen LogP contribution < -0.4 is 11.1 Å². The fraction of sp³-hybridized carbons (Fsp3) is 0.500. The Labute approximate surface area is 48.5 Å².